The van der Waals surface area contributed by atoms with Crippen molar-refractivity contribution in [1.29, 1.82) is 0 Å². The van der Waals surface area contributed by atoms with Gasteiger partial charge in [0, 0.05) is 0 Å². The second-order valence-corrected chi connectivity index (χ2v) is 5.29. The summed E-state index contributed by atoms with van der Waals surface area (Å²) in [6.07, 6.45) is 7.24. The minimum Gasteiger partial charge on any atom is -0.316 e. The molecule has 1 fully saturated rings. The molecule has 1 heteroatoms. The van der Waals surface area contributed by atoms with Crippen molar-refractivity contribution in [3.05, 3.63) is 0 Å². The first-order valence-electron chi connectivity index (χ1n) is 6.44. The second-order valence-electron chi connectivity index (χ2n) is 5.29. The third kappa shape index (κ3) is 4.00. The van der Waals surface area contributed by atoms with Crippen LogP contribution >= 0.6 is 0 Å². The third-order valence-corrected chi connectivity index (χ3v) is 3.46. The second kappa shape index (κ2) is 6.44. The topological polar surface area (TPSA) is 12.0 Å². The van der Waals surface area contributed by atoms with E-state index in [2.05, 4.69) is 26.1 Å². The molecule has 1 aliphatic carbocycles. The van der Waals surface area contributed by atoms with Gasteiger partial charge in [0.2, 0.25) is 0 Å². The van der Waals surface area contributed by atoms with Crippen molar-refractivity contribution >= 4 is 0 Å². The fourth-order valence-corrected chi connectivity index (χ4v) is 2.31. The Morgan fingerprint density at radius 2 is 1.93 bits per heavy atom. The van der Waals surface area contributed by atoms with E-state index in [-0.39, 0.29) is 0 Å². The molecule has 1 N–H and O–H groups in total. The first-order chi connectivity index (χ1) is 6.74. The van der Waals surface area contributed by atoms with E-state index in [0.717, 1.165) is 17.8 Å². The van der Waals surface area contributed by atoms with Crippen LogP contribution in [0, 0.1) is 17.8 Å². The highest BCUT2D eigenvalue weighted by Crippen LogP contribution is 2.37. The van der Waals surface area contributed by atoms with E-state index in [4.69, 9.17) is 0 Å². The van der Waals surface area contributed by atoms with Crippen molar-refractivity contribution in [2.45, 2.75) is 52.9 Å². The molecular formula is C13H27N. The molecule has 84 valence electrons. The SMILES string of the molecule is CCCCC1CCC1CNCC(C)C. The third-order valence-electron chi connectivity index (χ3n) is 3.46. The summed E-state index contributed by atoms with van der Waals surface area (Å²) in [6, 6.07) is 0. The Kier molecular flexibility index (Phi) is 5.54. The molecule has 0 spiro atoms. The Morgan fingerprint density at radius 1 is 1.21 bits per heavy atom. The molecule has 14 heavy (non-hydrogen) atoms. The molecular weight excluding hydrogens is 170 g/mol. The molecule has 0 aliphatic heterocycles. The molecule has 0 radical (unpaired) electrons. The van der Waals surface area contributed by atoms with Gasteiger partial charge in [-0.3, -0.25) is 0 Å². The van der Waals surface area contributed by atoms with Crippen LogP contribution in [-0.2, 0) is 0 Å². The van der Waals surface area contributed by atoms with Crippen LogP contribution in [0.2, 0.25) is 0 Å². The fourth-order valence-electron chi connectivity index (χ4n) is 2.31. The molecule has 1 rings (SSSR count). The predicted molar refractivity (Wildman–Crippen MR) is 63.4 cm³/mol. The predicted octanol–water partition coefficient (Wildman–Crippen LogP) is 3.45. The molecule has 0 amide bonds. The lowest BCUT2D eigenvalue weighted by Crippen LogP contribution is -2.36. The summed E-state index contributed by atoms with van der Waals surface area (Å²) < 4.78 is 0. The lowest BCUT2D eigenvalue weighted by Gasteiger charge is -2.37. The highest BCUT2D eigenvalue weighted by Gasteiger charge is 2.29. The summed E-state index contributed by atoms with van der Waals surface area (Å²) in [5.74, 6) is 2.85. The Balaban J connectivity index is 2.01. The average molecular weight is 197 g/mol. The molecule has 0 heterocycles. The van der Waals surface area contributed by atoms with Gasteiger partial charge in [-0.2, -0.15) is 0 Å². The van der Waals surface area contributed by atoms with Gasteiger partial charge in [-0.05, 0) is 43.7 Å². The van der Waals surface area contributed by atoms with Gasteiger partial charge in [0.25, 0.3) is 0 Å². The van der Waals surface area contributed by atoms with Crippen LogP contribution in [-0.4, -0.2) is 13.1 Å². The number of nitrogens with one attached hydrogen (secondary N) is 1. The highest BCUT2D eigenvalue weighted by atomic mass is 14.9. The zero-order valence-electron chi connectivity index (χ0n) is 10.2. The number of unbranched alkanes of at least 4 members (excludes halogenated alkanes) is 1. The first-order valence-corrected chi connectivity index (χ1v) is 6.44. The van der Waals surface area contributed by atoms with Gasteiger partial charge in [0.15, 0.2) is 0 Å². The molecule has 1 nitrogen and oxygen atoms in total. The van der Waals surface area contributed by atoms with Crippen molar-refractivity contribution < 1.29 is 0 Å². The Labute approximate surface area is 89.7 Å². The Hall–Kier alpha value is -0.0400. The number of hydrogen-bond acceptors (Lipinski definition) is 1. The zero-order chi connectivity index (χ0) is 10.4. The summed E-state index contributed by atoms with van der Waals surface area (Å²) in [6.45, 7) is 9.32. The average Bonchev–Trinajstić information content (AvgIpc) is 2.11. The minimum absolute atomic E-state index is 0.796. The molecule has 2 atom stereocenters. The summed E-state index contributed by atoms with van der Waals surface area (Å²) in [4.78, 5) is 0. The molecule has 0 bridgehead atoms. The fraction of sp³-hybridized carbons (Fsp3) is 1.00. The van der Waals surface area contributed by atoms with E-state index in [1.54, 1.807) is 0 Å². The standard InChI is InChI=1S/C13H27N/c1-4-5-6-12-7-8-13(12)10-14-9-11(2)3/h11-14H,4-10H2,1-3H3. The van der Waals surface area contributed by atoms with Gasteiger partial charge in [-0.25, -0.2) is 0 Å². The van der Waals surface area contributed by atoms with Crippen molar-refractivity contribution in [3.63, 3.8) is 0 Å². The maximum atomic E-state index is 3.59. The van der Waals surface area contributed by atoms with Crippen LogP contribution in [0.5, 0.6) is 0 Å². The maximum Gasteiger partial charge on any atom is -0.00178 e. The lowest BCUT2D eigenvalue weighted by atomic mass is 9.71. The van der Waals surface area contributed by atoms with E-state index in [1.165, 1.54) is 45.2 Å². The molecule has 0 aromatic rings. The van der Waals surface area contributed by atoms with Crippen LogP contribution < -0.4 is 5.32 Å². The summed E-state index contributed by atoms with van der Waals surface area (Å²) in [5, 5.41) is 3.59. The molecule has 0 saturated heterocycles. The molecule has 1 saturated carbocycles. The van der Waals surface area contributed by atoms with Crippen molar-refractivity contribution in [2.75, 3.05) is 13.1 Å². The van der Waals surface area contributed by atoms with Crippen LogP contribution in [0.1, 0.15) is 52.9 Å². The lowest BCUT2D eigenvalue weighted by molar-refractivity contribution is 0.156. The monoisotopic (exact) mass is 197 g/mol. The maximum absolute atomic E-state index is 3.59. The molecule has 1 aliphatic rings. The number of hydrogen-bond donors (Lipinski definition) is 1. The first kappa shape index (κ1) is 12.0. The van der Waals surface area contributed by atoms with E-state index in [1.807, 2.05) is 0 Å². The smallest absolute Gasteiger partial charge is 0.00178 e. The van der Waals surface area contributed by atoms with Gasteiger partial charge in [0.05, 0.1) is 0 Å². The van der Waals surface area contributed by atoms with Gasteiger partial charge < -0.3 is 5.32 Å². The molecule has 0 aromatic heterocycles. The van der Waals surface area contributed by atoms with Crippen LogP contribution in [0.15, 0.2) is 0 Å². The van der Waals surface area contributed by atoms with Gasteiger partial charge >= 0.3 is 0 Å². The van der Waals surface area contributed by atoms with Crippen molar-refractivity contribution in [3.8, 4) is 0 Å². The highest BCUT2D eigenvalue weighted by molar-refractivity contribution is 4.82. The summed E-state index contributed by atoms with van der Waals surface area (Å²) in [5.41, 5.74) is 0. The van der Waals surface area contributed by atoms with Crippen LogP contribution in [0.25, 0.3) is 0 Å². The minimum atomic E-state index is 0.796. The molecule has 2 unspecified atom stereocenters. The van der Waals surface area contributed by atoms with Crippen molar-refractivity contribution in [2.24, 2.45) is 17.8 Å². The van der Waals surface area contributed by atoms with Crippen LogP contribution in [0.3, 0.4) is 0 Å². The quantitative estimate of drug-likeness (QED) is 0.659. The van der Waals surface area contributed by atoms with E-state index in [9.17, 15) is 0 Å². The van der Waals surface area contributed by atoms with Gasteiger partial charge in [-0.1, -0.05) is 40.0 Å². The normalized spacial score (nSPS) is 26.6. The van der Waals surface area contributed by atoms with Gasteiger partial charge in [-0.15, -0.1) is 0 Å². The van der Waals surface area contributed by atoms with Crippen LogP contribution in [0.4, 0.5) is 0 Å². The zero-order valence-corrected chi connectivity index (χ0v) is 10.2. The summed E-state index contributed by atoms with van der Waals surface area (Å²) in [7, 11) is 0. The number of rotatable bonds is 7. The Morgan fingerprint density at radius 3 is 2.43 bits per heavy atom. The van der Waals surface area contributed by atoms with E-state index < -0.39 is 0 Å². The summed E-state index contributed by atoms with van der Waals surface area (Å²) >= 11 is 0. The van der Waals surface area contributed by atoms with E-state index >= 15 is 0 Å². The molecule has 0 aromatic carbocycles. The largest absolute Gasteiger partial charge is 0.316 e. The van der Waals surface area contributed by atoms with Gasteiger partial charge in [0.1, 0.15) is 0 Å². The van der Waals surface area contributed by atoms with Crippen molar-refractivity contribution in [1.82, 2.24) is 5.32 Å². The Bertz CT molecular complexity index is 142. The van der Waals surface area contributed by atoms with E-state index in [0.29, 0.717) is 0 Å².